The van der Waals surface area contributed by atoms with E-state index in [1.54, 1.807) is 9.13 Å². The molecule has 2 aromatic rings. The van der Waals surface area contributed by atoms with Crippen LogP contribution in [-0.4, -0.2) is 28.1 Å². The highest BCUT2D eigenvalue weighted by Crippen LogP contribution is 2.13. The third-order valence-corrected chi connectivity index (χ3v) is 3.89. The maximum atomic E-state index is 12.6. The quantitative estimate of drug-likeness (QED) is 0.674. The number of aromatic nitrogens is 2. The van der Waals surface area contributed by atoms with Crippen LogP contribution in [0.4, 0.5) is 0 Å². The van der Waals surface area contributed by atoms with Crippen LogP contribution in [-0.2, 0) is 17.9 Å². The summed E-state index contributed by atoms with van der Waals surface area (Å²) in [4.78, 5) is 24.5. The van der Waals surface area contributed by atoms with E-state index in [9.17, 15) is 9.59 Å². The number of aryl methyl sites for hydroxylation is 2. The number of nitrogens with two attached hydrogens (primary N) is 1. The molecule has 0 aliphatic rings. The Balaban J connectivity index is 0.00000288. The highest BCUT2D eigenvalue weighted by molar-refractivity contribution is 5.85. The molecule has 0 unspecified atom stereocenters. The van der Waals surface area contributed by atoms with Gasteiger partial charge in [-0.3, -0.25) is 13.9 Å². The Labute approximate surface area is 148 Å². The second-order valence-corrected chi connectivity index (χ2v) is 5.67. The summed E-state index contributed by atoms with van der Waals surface area (Å²) in [5.74, 6) is -0.0266. The molecule has 134 valence electrons. The Hall–Kier alpha value is -1.79. The van der Waals surface area contributed by atoms with Crippen molar-refractivity contribution in [2.24, 2.45) is 5.73 Å². The van der Waals surface area contributed by atoms with Gasteiger partial charge in [0, 0.05) is 26.1 Å². The number of fused-ring (bicyclic) bond motifs is 1. The van der Waals surface area contributed by atoms with Crippen molar-refractivity contribution in [1.29, 1.82) is 0 Å². The van der Waals surface area contributed by atoms with E-state index in [-0.39, 0.29) is 24.0 Å². The van der Waals surface area contributed by atoms with Gasteiger partial charge in [0.1, 0.15) is 0 Å². The fourth-order valence-electron chi connectivity index (χ4n) is 2.73. The minimum absolute atomic E-state index is 0. The summed E-state index contributed by atoms with van der Waals surface area (Å²) < 4.78 is 3.49. The van der Waals surface area contributed by atoms with Crippen LogP contribution in [0.15, 0.2) is 29.1 Å². The van der Waals surface area contributed by atoms with Crippen LogP contribution in [0.3, 0.4) is 0 Å². The Morgan fingerprint density at radius 1 is 1.12 bits per heavy atom. The first kappa shape index (κ1) is 20.3. The fraction of sp³-hybridized carbons (Fsp3) is 0.529. The number of carbonyl (C=O) groups excluding carboxylic acids is 1. The van der Waals surface area contributed by atoms with Crippen LogP contribution in [0.5, 0.6) is 0 Å². The molecule has 0 saturated heterocycles. The van der Waals surface area contributed by atoms with E-state index in [4.69, 9.17) is 5.73 Å². The Morgan fingerprint density at radius 2 is 1.75 bits per heavy atom. The van der Waals surface area contributed by atoms with Gasteiger partial charge in [0.15, 0.2) is 0 Å². The fourth-order valence-corrected chi connectivity index (χ4v) is 2.73. The summed E-state index contributed by atoms with van der Waals surface area (Å²) in [5.41, 5.74) is 7.21. The molecule has 0 aliphatic heterocycles. The zero-order valence-electron chi connectivity index (χ0n) is 14.2. The summed E-state index contributed by atoms with van der Waals surface area (Å²) in [6.07, 6.45) is 3.00. The molecule has 6 nitrogen and oxygen atoms in total. The number of benzene rings is 1. The average molecular weight is 355 g/mol. The maximum absolute atomic E-state index is 12.6. The van der Waals surface area contributed by atoms with Gasteiger partial charge >= 0.3 is 5.69 Å². The minimum atomic E-state index is -0.0380. The van der Waals surface area contributed by atoms with Crippen molar-refractivity contribution < 1.29 is 4.79 Å². The molecule has 2 rings (SSSR count). The second kappa shape index (κ2) is 10.2. The molecule has 1 aromatic carbocycles. The largest absolute Gasteiger partial charge is 0.356 e. The molecule has 1 amide bonds. The second-order valence-electron chi connectivity index (χ2n) is 5.67. The molecule has 0 radical (unpaired) electrons. The Kier molecular flexibility index (Phi) is 8.57. The van der Waals surface area contributed by atoms with Crippen LogP contribution in [0.1, 0.15) is 32.6 Å². The van der Waals surface area contributed by atoms with Crippen molar-refractivity contribution in [3.8, 4) is 0 Å². The topological polar surface area (TPSA) is 82.0 Å². The first-order valence-corrected chi connectivity index (χ1v) is 8.33. The molecule has 1 heterocycles. The van der Waals surface area contributed by atoms with Gasteiger partial charge in [-0.25, -0.2) is 4.79 Å². The van der Waals surface area contributed by atoms with Gasteiger partial charge in [0.2, 0.25) is 5.91 Å². The lowest BCUT2D eigenvalue weighted by Crippen LogP contribution is -2.29. The molecule has 0 atom stereocenters. The molecule has 7 heteroatoms. The van der Waals surface area contributed by atoms with Gasteiger partial charge in [-0.2, -0.15) is 0 Å². The van der Waals surface area contributed by atoms with Crippen molar-refractivity contribution >= 4 is 29.3 Å². The van der Waals surface area contributed by atoms with Crippen LogP contribution >= 0.6 is 12.4 Å². The van der Waals surface area contributed by atoms with E-state index in [2.05, 4.69) is 5.32 Å². The van der Waals surface area contributed by atoms with E-state index < -0.39 is 0 Å². The van der Waals surface area contributed by atoms with Crippen LogP contribution in [0.2, 0.25) is 0 Å². The van der Waals surface area contributed by atoms with E-state index in [0.717, 1.165) is 30.3 Å². The standard InChI is InChI=1S/C17H26N4O2.ClH/c1-2-12-20-14-7-3-4-8-15(14)21(17(20)23)13-9-16(22)19-11-6-5-10-18;/h3-4,7-8H,2,5-6,9-13,18H2,1H3,(H,19,22);1H. The lowest BCUT2D eigenvalue weighted by atomic mass is 10.3. The van der Waals surface area contributed by atoms with Gasteiger partial charge in [-0.15, -0.1) is 12.4 Å². The lowest BCUT2D eigenvalue weighted by molar-refractivity contribution is -0.121. The zero-order valence-corrected chi connectivity index (χ0v) is 15.0. The molecular formula is C17H27ClN4O2. The summed E-state index contributed by atoms with van der Waals surface area (Å²) in [5, 5.41) is 2.87. The van der Waals surface area contributed by atoms with E-state index >= 15 is 0 Å². The number of rotatable bonds is 9. The molecule has 0 fully saturated rings. The number of carbonyl (C=O) groups is 1. The summed E-state index contributed by atoms with van der Waals surface area (Å²) in [6.45, 7) is 4.43. The predicted molar refractivity (Wildman–Crippen MR) is 99.7 cm³/mol. The average Bonchev–Trinajstić information content (AvgIpc) is 2.82. The first-order chi connectivity index (χ1) is 11.2. The number of hydrogen-bond acceptors (Lipinski definition) is 3. The highest BCUT2D eigenvalue weighted by Gasteiger charge is 2.13. The maximum Gasteiger partial charge on any atom is 0.329 e. The SMILES string of the molecule is CCCn1c(=O)n(CCC(=O)NCCCCN)c2ccccc21.Cl. The smallest absolute Gasteiger partial charge is 0.329 e. The first-order valence-electron chi connectivity index (χ1n) is 8.33. The Morgan fingerprint density at radius 3 is 2.33 bits per heavy atom. The molecule has 0 spiro atoms. The number of unbranched alkanes of at least 4 members (excludes halogenated alkanes) is 1. The van der Waals surface area contributed by atoms with E-state index in [1.807, 2.05) is 31.2 Å². The van der Waals surface area contributed by atoms with Gasteiger partial charge < -0.3 is 11.1 Å². The van der Waals surface area contributed by atoms with Gasteiger partial charge in [0.25, 0.3) is 0 Å². The predicted octanol–water partition coefficient (Wildman–Crippen LogP) is 1.88. The molecule has 0 bridgehead atoms. The summed E-state index contributed by atoms with van der Waals surface area (Å²) in [6, 6.07) is 7.74. The van der Waals surface area contributed by atoms with Crippen LogP contribution in [0.25, 0.3) is 11.0 Å². The van der Waals surface area contributed by atoms with Gasteiger partial charge in [-0.1, -0.05) is 19.1 Å². The molecule has 0 saturated carbocycles. The summed E-state index contributed by atoms with van der Waals surface area (Å²) >= 11 is 0. The summed E-state index contributed by atoms with van der Waals surface area (Å²) in [7, 11) is 0. The Bertz CT molecular complexity index is 708. The third-order valence-electron chi connectivity index (χ3n) is 3.89. The molecule has 1 aromatic heterocycles. The number of para-hydroxylation sites is 2. The van der Waals surface area contributed by atoms with Crippen molar-refractivity contribution in [3.05, 3.63) is 34.7 Å². The number of imidazole rings is 1. The minimum Gasteiger partial charge on any atom is -0.356 e. The van der Waals surface area contributed by atoms with Crippen LogP contribution in [0, 0.1) is 0 Å². The van der Waals surface area contributed by atoms with Crippen molar-refractivity contribution in [2.45, 2.75) is 45.7 Å². The molecule has 24 heavy (non-hydrogen) atoms. The highest BCUT2D eigenvalue weighted by atomic mass is 35.5. The zero-order chi connectivity index (χ0) is 16.7. The van der Waals surface area contributed by atoms with E-state index in [1.165, 1.54) is 0 Å². The number of hydrogen-bond donors (Lipinski definition) is 2. The molecule has 0 aliphatic carbocycles. The number of halogens is 1. The number of nitrogens with one attached hydrogen (secondary N) is 1. The van der Waals surface area contributed by atoms with Gasteiger partial charge in [-0.05, 0) is 37.9 Å². The van der Waals surface area contributed by atoms with Gasteiger partial charge in [0.05, 0.1) is 11.0 Å². The molecule has 3 N–H and O–H groups in total. The van der Waals surface area contributed by atoms with Crippen molar-refractivity contribution in [3.63, 3.8) is 0 Å². The third kappa shape index (κ3) is 4.85. The van der Waals surface area contributed by atoms with Crippen LogP contribution < -0.4 is 16.7 Å². The normalized spacial score (nSPS) is 10.6. The van der Waals surface area contributed by atoms with E-state index in [0.29, 0.717) is 32.6 Å². The van der Waals surface area contributed by atoms with Crippen molar-refractivity contribution in [1.82, 2.24) is 14.5 Å². The molecular weight excluding hydrogens is 328 g/mol. The number of amides is 1. The monoisotopic (exact) mass is 354 g/mol. The lowest BCUT2D eigenvalue weighted by Gasteiger charge is -2.05. The number of nitrogens with zero attached hydrogens (tertiary/aromatic N) is 2. The van der Waals surface area contributed by atoms with Crippen molar-refractivity contribution in [2.75, 3.05) is 13.1 Å².